The van der Waals surface area contributed by atoms with E-state index in [-0.39, 0.29) is 17.3 Å². The number of benzene rings is 3. The maximum absolute atomic E-state index is 13.3. The molecular weight excluding hydrogens is 360 g/mol. The van der Waals surface area contributed by atoms with Crippen LogP contribution < -0.4 is 0 Å². The van der Waals surface area contributed by atoms with E-state index >= 15 is 0 Å². The highest BCUT2D eigenvalue weighted by molar-refractivity contribution is 7.22. The van der Waals surface area contributed by atoms with Gasteiger partial charge in [0.05, 0.1) is 0 Å². The van der Waals surface area contributed by atoms with Gasteiger partial charge in [-0.25, -0.2) is 0 Å². The van der Waals surface area contributed by atoms with Gasteiger partial charge in [0, 0.05) is 31.7 Å². The van der Waals surface area contributed by atoms with Crippen LogP contribution in [0.5, 0.6) is 11.5 Å². The summed E-state index contributed by atoms with van der Waals surface area (Å²) in [6.07, 6.45) is 0.735. The minimum Gasteiger partial charge on any atom is -0.508 e. The van der Waals surface area contributed by atoms with Crippen LogP contribution in [0.2, 0.25) is 0 Å². The molecule has 0 aliphatic rings. The highest BCUT2D eigenvalue weighted by Crippen LogP contribution is 2.41. The molecule has 4 nitrogen and oxygen atoms in total. The molecule has 0 atom stereocenters. The van der Waals surface area contributed by atoms with Crippen LogP contribution in [-0.2, 0) is 0 Å². The number of fused-ring (bicyclic) bond motifs is 1. The number of aromatic hydroxyl groups is 2. The number of hydrogen-bond donors (Lipinski definition) is 2. The molecule has 0 saturated heterocycles. The fraction of sp³-hybridized carbons (Fsp3) is 0. The van der Waals surface area contributed by atoms with E-state index in [1.165, 1.54) is 11.3 Å². The van der Waals surface area contributed by atoms with Gasteiger partial charge >= 0.3 is 0 Å². The van der Waals surface area contributed by atoms with Crippen LogP contribution in [0.25, 0.3) is 20.5 Å². The van der Waals surface area contributed by atoms with Crippen molar-refractivity contribution >= 4 is 33.5 Å². The lowest BCUT2D eigenvalue weighted by molar-refractivity contribution is 0.103. The van der Waals surface area contributed by atoms with Crippen LogP contribution in [0.4, 0.5) is 0 Å². The number of aldehydes is 1. The number of ketones is 1. The quantitative estimate of drug-likeness (QED) is 0.388. The zero-order valence-corrected chi connectivity index (χ0v) is 14.9. The summed E-state index contributed by atoms with van der Waals surface area (Å²) in [5, 5.41) is 20.1. The second-order valence-electron chi connectivity index (χ2n) is 6.10. The number of hydrogen-bond acceptors (Lipinski definition) is 5. The Morgan fingerprint density at radius 2 is 1.52 bits per heavy atom. The van der Waals surface area contributed by atoms with Crippen molar-refractivity contribution in [2.45, 2.75) is 0 Å². The molecule has 0 radical (unpaired) electrons. The third kappa shape index (κ3) is 3.09. The summed E-state index contributed by atoms with van der Waals surface area (Å²) >= 11 is 1.41. The number of phenolic OH excluding ortho intramolecular Hbond substituents is 2. The van der Waals surface area contributed by atoms with Gasteiger partial charge in [-0.15, -0.1) is 11.3 Å². The van der Waals surface area contributed by atoms with Crippen molar-refractivity contribution in [3.63, 3.8) is 0 Å². The minimum absolute atomic E-state index is 0.135. The minimum atomic E-state index is -0.160. The van der Waals surface area contributed by atoms with Crippen molar-refractivity contribution in [3.05, 3.63) is 83.4 Å². The van der Waals surface area contributed by atoms with E-state index in [2.05, 4.69) is 0 Å². The lowest BCUT2D eigenvalue weighted by Gasteiger charge is -2.06. The average Bonchev–Trinajstić information content (AvgIpc) is 3.06. The smallest absolute Gasteiger partial charge is 0.195 e. The van der Waals surface area contributed by atoms with Gasteiger partial charge < -0.3 is 10.2 Å². The summed E-state index contributed by atoms with van der Waals surface area (Å²) in [5.74, 6) is 0.123. The maximum atomic E-state index is 13.3. The third-order valence-electron chi connectivity index (χ3n) is 4.34. The molecule has 0 unspecified atom stereocenters. The molecule has 132 valence electrons. The Balaban J connectivity index is 1.93. The van der Waals surface area contributed by atoms with Crippen LogP contribution in [-0.4, -0.2) is 22.3 Å². The Morgan fingerprint density at radius 1 is 0.852 bits per heavy atom. The van der Waals surface area contributed by atoms with Gasteiger partial charge in [0.2, 0.25) is 0 Å². The molecule has 4 aromatic rings. The molecule has 0 aliphatic heterocycles. The predicted molar refractivity (Wildman–Crippen MR) is 106 cm³/mol. The molecule has 3 aromatic carbocycles. The monoisotopic (exact) mass is 374 g/mol. The summed E-state index contributed by atoms with van der Waals surface area (Å²) in [6, 6.07) is 18.1. The largest absolute Gasteiger partial charge is 0.508 e. The van der Waals surface area contributed by atoms with Gasteiger partial charge in [-0.05, 0) is 48.0 Å². The average molecular weight is 374 g/mol. The van der Waals surface area contributed by atoms with Gasteiger partial charge in [0.25, 0.3) is 0 Å². The molecule has 1 aromatic heterocycles. The van der Waals surface area contributed by atoms with E-state index in [0.717, 1.165) is 26.8 Å². The maximum Gasteiger partial charge on any atom is 0.195 e. The van der Waals surface area contributed by atoms with Crippen molar-refractivity contribution < 1.29 is 19.8 Å². The highest BCUT2D eigenvalue weighted by Gasteiger charge is 2.21. The number of phenols is 2. The molecule has 27 heavy (non-hydrogen) atoms. The van der Waals surface area contributed by atoms with Crippen molar-refractivity contribution in [3.8, 4) is 21.9 Å². The second-order valence-corrected chi connectivity index (χ2v) is 7.15. The molecule has 0 spiro atoms. The van der Waals surface area contributed by atoms with E-state index in [1.54, 1.807) is 66.7 Å². The Bertz CT molecular complexity index is 1160. The van der Waals surface area contributed by atoms with E-state index in [9.17, 15) is 19.8 Å². The lowest BCUT2D eigenvalue weighted by atomic mass is 9.97. The van der Waals surface area contributed by atoms with Gasteiger partial charge in [0.1, 0.15) is 17.8 Å². The fourth-order valence-electron chi connectivity index (χ4n) is 2.98. The Morgan fingerprint density at radius 3 is 2.19 bits per heavy atom. The molecule has 0 saturated carbocycles. The van der Waals surface area contributed by atoms with Crippen LogP contribution in [0.15, 0.2) is 66.7 Å². The van der Waals surface area contributed by atoms with Crippen LogP contribution in [0.3, 0.4) is 0 Å². The zero-order chi connectivity index (χ0) is 19.0. The number of carbonyl (C=O) groups excluding carboxylic acids is 2. The first-order valence-electron chi connectivity index (χ1n) is 8.21. The van der Waals surface area contributed by atoms with Gasteiger partial charge in [0.15, 0.2) is 5.78 Å². The van der Waals surface area contributed by atoms with E-state index in [1.807, 2.05) is 0 Å². The van der Waals surface area contributed by atoms with Crippen LogP contribution in [0.1, 0.15) is 26.3 Å². The van der Waals surface area contributed by atoms with Crippen molar-refractivity contribution in [2.75, 3.05) is 0 Å². The Hall–Kier alpha value is -3.44. The first-order chi connectivity index (χ1) is 13.1. The molecule has 0 bridgehead atoms. The predicted octanol–water partition coefficient (Wildman–Crippen LogP) is 5.02. The van der Waals surface area contributed by atoms with Crippen molar-refractivity contribution in [2.24, 2.45) is 0 Å². The summed E-state index contributed by atoms with van der Waals surface area (Å²) in [6.45, 7) is 0. The second kappa shape index (κ2) is 6.70. The van der Waals surface area contributed by atoms with Crippen molar-refractivity contribution in [1.82, 2.24) is 0 Å². The van der Waals surface area contributed by atoms with E-state index in [4.69, 9.17) is 0 Å². The summed E-state index contributed by atoms with van der Waals surface area (Å²) in [7, 11) is 0. The van der Waals surface area contributed by atoms with Gasteiger partial charge in [-0.3, -0.25) is 9.59 Å². The molecule has 0 aliphatic carbocycles. The molecule has 2 N–H and O–H groups in total. The molecule has 0 fully saturated rings. The summed E-state index contributed by atoms with van der Waals surface area (Å²) in [4.78, 5) is 24.9. The molecule has 5 heteroatoms. The molecule has 4 rings (SSSR count). The Kier molecular flexibility index (Phi) is 4.22. The SMILES string of the molecule is O=Cc1ccc(C(=O)c2c(-c3ccc(O)cc3)sc3cc(O)ccc23)cc1. The summed E-state index contributed by atoms with van der Waals surface area (Å²) < 4.78 is 0.797. The molecule has 0 amide bonds. The van der Waals surface area contributed by atoms with Gasteiger partial charge in [-0.2, -0.15) is 0 Å². The van der Waals surface area contributed by atoms with E-state index in [0.29, 0.717) is 16.7 Å². The van der Waals surface area contributed by atoms with Crippen molar-refractivity contribution in [1.29, 1.82) is 0 Å². The van der Waals surface area contributed by atoms with Gasteiger partial charge in [-0.1, -0.05) is 24.3 Å². The first-order valence-corrected chi connectivity index (χ1v) is 9.03. The van der Waals surface area contributed by atoms with Crippen LogP contribution in [0, 0.1) is 0 Å². The Labute approximate surface area is 159 Å². The lowest BCUT2D eigenvalue weighted by Crippen LogP contribution is -2.02. The fourth-order valence-corrected chi connectivity index (χ4v) is 4.22. The number of carbonyl (C=O) groups is 2. The first kappa shape index (κ1) is 17.0. The van der Waals surface area contributed by atoms with E-state index < -0.39 is 0 Å². The standard InChI is InChI=1S/C22H14O4S/c23-12-13-1-3-14(4-2-13)21(26)20-18-10-9-17(25)11-19(18)27-22(20)15-5-7-16(24)8-6-15/h1-12,24-25H. The highest BCUT2D eigenvalue weighted by atomic mass is 32.1. The third-order valence-corrected chi connectivity index (χ3v) is 5.54. The molecule has 1 heterocycles. The zero-order valence-electron chi connectivity index (χ0n) is 14.0. The molecular formula is C22H14O4S. The normalized spacial score (nSPS) is 10.8. The number of rotatable bonds is 4. The topological polar surface area (TPSA) is 74.6 Å². The summed E-state index contributed by atoms with van der Waals surface area (Å²) in [5.41, 5.74) is 2.33. The van der Waals surface area contributed by atoms with Crippen LogP contribution >= 0.6 is 11.3 Å². The number of thiophene rings is 1.